The van der Waals surface area contributed by atoms with Gasteiger partial charge in [-0.25, -0.2) is 0 Å². The Labute approximate surface area is 139 Å². The van der Waals surface area contributed by atoms with Crippen molar-refractivity contribution < 1.29 is 14.4 Å². The first-order valence-electron chi connectivity index (χ1n) is 7.42. The van der Waals surface area contributed by atoms with Crippen molar-refractivity contribution in [2.24, 2.45) is 11.1 Å². The summed E-state index contributed by atoms with van der Waals surface area (Å²) in [4.78, 5) is 18.0. The summed E-state index contributed by atoms with van der Waals surface area (Å²) in [6, 6.07) is 16.7. The van der Waals surface area contributed by atoms with Gasteiger partial charge in [0.1, 0.15) is 11.6 Å². The topological polar surface area (TPSA) is 47.9 Å². The minimum Gasteiger partial charge on any atom is -0.465 e. The lowest BCUT2D eigenvalue weighted by Crippen LogP contribution is -2.29. The molecule has 2 aromatic carbocycles. The molecule has 3 rings (SSSR count). The number of hydrogen-bond acceptors (Lipinski definition) is 4. The predicted molar refractivity (Wildman–Crippen MR) is 88.4 cm³/mol. The third-order valence-corrected chi connectivity index (χ3v) is 3.92. The van der Waals surface area contributed by atoms with Gasteiger partial charge in [0.25, 0.3) is 0 Å². The first-order valence-corrected chi connectivity index (χ1v) is 7.79. The van der Waals surface area contributed by atoms with E-state index in [-0.39, 0.29) is 5.97 Å². The molecule has 0 N–H and O–H groups in total. The van der Waals surface area contributed by atoms with Crippen molar-refractivity contribution in [3.8, 4) is 0 Å². The van der Waals surface area contributed by atoms with E-state index in [1.807, 2.05) is 42.5 Å². The second-order valence-corrected chi connectivity index (χ2v) is 5.59. The van der Waals surface area contributed by atoms with Crippen LogP contribution in [0.2, 0.25) is 5.02 Å². The predicted octanol–water partition coefficient (Wildman–Crippen LogP) is 3.99. The monoisotopic (exact) mass is 329 g/mol. The van der Waals surface area contributed by atoms with Gasteiger partial charge in [-0.1, -0.05) is 59.2 Å². The molecular weight excluding hydrogens is 314 g/mol. The Morgan fingerprint density at radius 1 is 1.17 bits per heavy atom. The number of ether oxygens (including phenoxy) is 1. The van der Waals surface area contributed by atoms with Gasteiger partial charge in [-0.15, -0.1) is 0 Å². The Balaban J connectivity index is 1.96. The summed E-state index contributed by atoms with van der Waals surface area (Å²) in [5.74, 6) is -0.939. The van der Waals surface area contributed by atoms with Gasteiger partial charge in [-0.3, -0.25) is 4.79 Å². The van der Waals surface area contributed by atoms with Gasteiger partial charge >= 0.3 is 5.97 Å². The quantitative estimate of drug-likeness (QED) is 0.797. The number of nitrogens with zero attached hydrogens (tertiary/aromatic N) is 1. The molecule has 2 atom stereocenters. The van der Waals surface area contributed by atoms with Crippen molar-refractivity contribution in [1.82, 2.24) is 0 Å². The van der Waals surface area contributed by atoms with E-state index in [0.717, 1.165) is 11.1 Å². The second kappa shape index (κ2) is 6.84. The summed E-state index contributed by atoms with van der Waals surface area (Å²) in [6.45, 7) is 2.09. The molecule has 0 saturated carbocycles. The van der Waals surface area contributed by atoms with E-state index in [1.165, 1.54) is 0 Å². The molecule has 1 aliphatic rings. The van der Waals surface area contributed by atoms with E-state index >= 15 is 0 Å². The average molecular weight is 330 g/mol. The van der Waals surface area contributed by atoms with Gasteiger partial charge in [0, 0.05) is 10.6 Å². The molecule has 0 fully saturated rings. The number of oxime groups is 1. The highest BCUT2D eigenvalue weighted by Crippen LogP contribution is 2.36. The van der Waals surface area contributed by atoms with E-state index in [9.17, 15) is 4.79 Å². The zero-order chi connectivity index (χ0) is 16.2. The van der Waals surface area contributed by atoms with Crippen LogP contribution in [0.1, 0.15) is 24.2 Å². The van der Waals surface area contributed by atoms with Crippen LogP contribution in [0, 0.1) is 5.92 Å². The van der Waals surface area contributed by atoms with Crippen LogP contribution >= 0.6 is 11.6 Å². The Bertz CT molecular complexity index is 713. The highest BCUT2D eigenvalue weighted by atomic mass is 35.5. The number of esters is 1. The van der Waals surface area contributed by atoms with E-state index in [0.29, 0.717) is 17.3 Å². The standard InChI is InChI=1S/C18H16ClNO3/c1-2-22-18(21)15-16(12-8-10-14(19)11-9-12)20-23-17(15)13-6-4-3-5-7-13/h3-11,15,17H,2H2,1H3/t15-,17+/m0/s1. The van der Waals surface area contributed by atoms with E-state index in [1.54, 1.807) is 19.1 Å². The van der Waals surface area contributed by atoms with Gasteiger partial charge in [0.2, 0.25) is 0 Å². The third-order valence-electron chi connectivity index (χ3n) is 3.67. The molecule has 23 heavy (non-hydrogen) atoms. The number of benzene rings is 2. The highest BCUT2D eigenvalue weighted by molar-refractivity contribution is 6.30. The zero-order valence-corrected chi connectivity index (χ0v) is 13.4. The number of carbonyl (C=O) groups is 1. The summed E-state index contributed by atoms with van der Waals surface area (Å²) >= 11 is 5.93. The first-order chi connectivity index (χ1) is 11.2. The molecule has 0 spiro atoms. The zero-order valence-electron chi connectivity index (χ0n) is 12.6. The van der Waals surface area contributed by atoms with Crippen molar-refractivity contribution in [3.05, 3.63) is 70.7 Å². The summed E-state index contributed by atoms with van der Waals surface area (Å²) < 4.78 is 5.23. The second-order valence-electron chi connectivity index (χ2n) is 5.15. The van der Waals surface area contributed by atoms with Crippen LogP contribution in [-0.4, -0.2) is 18.3 Å². The van der Waals surface area contributed by atoms with E-state index in [4.69, 9.17) is 21.2 Å². The van der Waals surface area contributed by atoms with Crippen molar-refractivity contribution >= 4 is 23.3 Å². The SMILES string of the molecule is CCOC(=O)[C@H]1C(c2ccc(Cl)cc2)=NO[C@@H]1c1ccccc1. The van der Waals surface area contributed by atoms with Crippen LogP contribution in [0.3, 0.4) is 0 Å². The van der Waals surface area contributed by atoms with Crippen LogP contribution < -0.4 is 0 Å². The van der Waals surface area contributed by atoms with Gasteiger partial charge < -0.3 is 9.57 Å². The van der Waals surface area contributed by atoms with Crippen LogP contribution in [0.15, 0.2) is 59.8 Å². The van der Waals surface area contributed by atoms with Crippen molar-refractivity contribution in [1.29, 1.82) is 0 Å². The first kappa shape index (κ1) is 15.6. The maximum Gasteiger partial charge on any atom is 0.319 e. The van der Waals surface area contributed by atoms with Crippen molar-refractivity contribution in [2.45, 2.75) is 13.0 Å². The summed E-state index contributed by atoms with van der Waals surface area (Å²) in [6.07, 6.45) is -0.485. The lowest BCUT2D eigenvalue weighted by molar-refractivity contribution is -0.148. The number of carbonyl (C=O) groups excluding carboxylic acids is 1. The smallest absolute Gasteiger partial charge is 0.319 e. The van der Waals surface area contributed by atoms with Crippen LogP contribution in [0.4, 0.5) is 0 Å². The Kier molecular flexibility index (Phi) is 4.63. The van der Waals surface area contributed by atoms with Crippen LogP contribution in [0.25, 0.3) is 0 Å². The largest absolute Gasteiger partial charge is 0.465 e. The molecule has 1 aliphatic heterocycles. The Morgan fingerprint density at radius 2 is 1.87 bits per heavy atom. The van der Waals surface area contributed by atoms with Gasteiger partial charge in [-0.05, 0) is 24.6 Å². The molecule has 2 aromatic rings. The van der Waals surface area contributed by atoms with Gasteiger partial charge in [0.05, 0.1) is 6.61 Å². The fourth-order valence-electron chi connectivity index (χ4n) is 2.59. The minimum atomic E-state index is -0.599. The van der Waals surface area contributed by atoms with Crippen molar-refractivity contribution in [2.75, 3.05) is 6.61 Å². The molecule has 0 saturated heterocycles. The normalized spacial score (nSPS) is 19.8. The van der Waals surface area contributed by atoms with E-state index < -0.39 is 12.0 Å². The van der Waals surface area contributed by atoms with E-state index in [2.05, 4.69) is 5.16 Å². The molecule has 5 heteroatoms. The summed E-state index contributed by atoms with van der Waals surface area (Å²) in [7, 11) is 0. The van der Waals surface area contributed by atoms with Gasteiger partial charge in [-0.2, -0.15) is 0 Å². The lowest BCUT2D eigenvalue weighted by atomic mass is 9.89. The fourth-order valence-corrected chi connectivity index (χ4v) is 2.72. The van der Waals surface area contributed by atoms with Gasteiger partial charge in [0.15, 0.2) is 6.10 Å². The third kappa shape index (κ3) is 3.22. The summed E-state index contributed by atoms with van der Waals surface area (Å²) in [5, 5.41) is 4.78. The molecule has 118 valence electrons. The summed E-state index contributed by atoms with van der Waals surface area (Å²) in [5.41, 5.74) is 2.25. The molecule has 0 unspecified atom stereocenters. The fraction of sp³-hybridized carbons (Fsp3) is 0.222. The minimum absolute atomic E-state index is 0.310. The van der Waals surface area contributed by atoms with Crippen LogP contribution in [-0.2, 0) is 14.4 Å². The highest BCUT2D eigenvalue weighted by Gasteiger charge is 2.42. The molecule has 0 amide bonds. The molecule has 0 radical (unpaired) electrons. The molecule has 0 aromatic heterocycles. The van der Waals surface area contributed by atoms with Crippen LogP contribution in [0.5, 0.6) is 0 Å². The molecule has 0 aliphatic carbocycles. The maximum absolute atomic E-state index is 12.5. The Morgan fingerprint density at radius 3 is 2.52 bits per heavy atom. The number of halogens is 1. The number of hydrogen-bond donors (Lipinski definition) is 0. The molecular formula is C18H16ClNO3. The average Bonchev–Trinajstić information content (AvgIpc) is 3.01. The van der Waals surface area contributed by atoms with Crippen molar-refractivity contribution in [3.63, 3.8) is 0 Å². The molecule has 4 nitrogen and oxygen atoms in total. The Hall–Kier alpha value is -2.33. The maximum atomic E-state index is 12.5. The molecule has 1 heterocycles. The molecule has 0 bridgehead atoms. The number of rotatable bonds is 4. The lowest BCUT2D eigenvalue weighted by Gasteiger charge is -2.18.